The second-order valence-corrected chi connectivity index (χ2v) is 4.76. The molecule has 1 aromatic heterocycles. The number of halogens is 3. The number of alkyl halides is 3. The van der Waals surface area contributed by atoms with E-state index in [4.69, 9.17) is 4.52 Å². The van der Waals surface area contributed by atoms with Gasteiger partial charge < -0.3 is 4.52 Å². The van der Waals surface area contributed by atoms with Crippen molar-refractivity contribution in [3.8, 4) is 0 Å². The van der Waals surface area contributed by atoms with Crippen molar-refractivity contribution in [3.05, 3.63) is 47.1 Å². The van der Waals surface area contributed by atoms with Crippen LogP contribution in [0.1, 0.15) is 42.6 Å². The molecule has 1 aromatic carbocycles. The van der Waals surface area contributed by atoms with Gasteiger partial charge in [-0.1, -0.05) is 23.4 Å². The Labute approximate surface area is 119 Å². The van der Waals surface area contributed by atoms with Gasteiger partial charge in [0.2, 0.25) is 5.89 Å². The molecule has 0 bridgehead atoms. The average Bonchev–Trinajstić information content (AvgIpc) is 2.85. The van der Waals surface area contributed by atoms with Crippen LogP contribution in [-0.2, 0) is 17.4 Å². The van der Waals surface area contributed by atoms with Crippen LogP contribution in [0.4, 0.5) is 13.2 Å². The highest BCUT2D eigenvalue weighted by Crippen LogP contribution is 2.29. The molecule has 21 heavy (non-hydrogen) atoms. The lowest BCUT2D eigenvalue weighted by molar-refractivity contribution is -0.137. The Bertz CT molecular complexity index is 650. The minimum atomic E-state index is -4.39. The van der Waals surface area contributed by atoms with Crippen LogP contribution in [-0.4, -0.2) is 15.9 Å². The number of carbonyl (C=O) groups is 1. The van der Waals surface area contributed by atoms with E-state index in [0.29, 0.717) is 5.56 Å². The largest absolute Gasteiger partial charge is 0.416 e. The van der Waals surface area contributed by atoms with Crippen LogP contribution >= 0.6 is 0 Å². The molecular formula is C14H13F3N2O2. The van der Waals surface area contributed by atoms with E-state index in [2.05, 4.69) is 10.1 Å². The third-order valence-electron chi connectivity index (χ3n) is 3.08. The summed E-state index contributed by atoms with van der Waals surface area (Å²) in [5, 5.41) is 3.69. The maximum absolute atomic E-state index is 12.6. The number of rotatable bonds is 4. The second kappa shape index (κ2) is 5.67. The molecule has 112 valence electrons. The first kappa shape index (κ1) is 15.2. The van der Waals surface area contributed by atoms with Gasteiger partial charge in [-0.15, -0.1) is 0 Å². The van der Waals surface area contributed by atoms with E-state index in [1.54, 1.807) is 13.0 Å². The first-order valence-electron chi connectivity index (χ1n) is 6.26. The summed E-state index contributed by atoms with van der Waals surface area (Å²) in [6, 6.07) is 4.93. The van der Waals surface area contributed by atoms with Gasteiger partial charge in [0.25, 0.3) is 0 Å². The van der Waals surface area contributed by atoms with E-state index in [-0.39, 0.29) is 23.9 Å². The molecule has 0 saturated carbocycles. The van der Waals surface area contributed by atoms with Crippen molar-refractivity contribution >= 4 is 5.78 Å². The fraction of sp³-hybridized carbons (Fsp3) is 0.357. The van der Waals surface area contributed by atoms with Gasteiger partial charge in [-0.05, 0) is 25.5 Å². The van der Waals surface area contributed by atoms with Crippen LogP contribution in [0.15, 0.2) is 28.8 Å². The lowest BCUT2D eigenvalue weighted by atomic mass is 10.1. The second-order valence-electron chi connectivity index (χ2n) is 4.76. The van der Waals surface area contributed by atoms with Gasteiger partial charge in [0.15, 0.2) is 5.82 Å². The van der Waals surface area contributed by atoms with Gasteiger partial charge in [0.05, 0.1) is 11.5 Å². The summed E-state index contributed by atoms with van der Waals surface area (Å²) in [6.45, 7) is 3.03. The van der Waals surface area contributed by atoms with Gasteiger partial charge >= 0.3 is 6.18 Å². The van der Waals surface area contributed by atoms with Crippen molar-refractivity contribution in [2.24, 2.45) is 0 Å². The lowest BCUT2D eigenvalue weighted by Crippen LogP contribution is -2.06. The van der Waals surface area contributed by atoms with Crippen molar-refractivity contribution < 1.29 is 22.5 Å². The Kier molecular flexibility index (Phi) is 4.11. The third-order valence-corrected chi connectivity index (χ3v) is 3.08. The fourth-order valence-electron chi connectivity index (χ4n) is 1.73. The molecule has 1 unspecified atom stereocenters. The summed E-state index contributed by atoms with van der Waals surface area (Å²) < 4.78 is 42.8. The summed E-state index contributed by atoms with van der Waals surface area (Å²) in [6.07, 6.45) is -4.28. The van der Waals surface area contributed by atoms with Crippen LogP contribution in [0.25, 0.3) is 0 Å². The van der Waals surface area contributed by atoms with E-state index in [9.17, 15) is 18.0 Å². The first-order chi connectivity index (χ1) is 9.77. The molecular weight excluding hydrogens is 285 g/mol. The third kappa shape index (κ3) is 3.68. The zero-order valence-electron chi connectivity index (χ0n) is 11.4. The fourth-order valence-corrected chi connectivity index (χ4v) is 1.73. The maximum Gasteiger partial charge on any atom is 0.416 e. The maximum atomic E-state index is 12.6. The molecule has 2 rings (SSSR count). The quantitative estimate of drug-likeness (QED) is 0.868. The summed E-state index contributed by atoms with van der Waals surface area (Å²) in [7, 11) is 0. The van der Waals surface area contributed by atoms with Gasteiger partial charge in [0.1, 0.15) is 5.78 Å². The first-order valence-corrected chi connectivity index (χ1v) is 6.26. The minimum Gasteiger partial charge on any atom is -0.339 e. The smallest absolute Gasteiger partial charge is 0.339 e. The predicted octanol–water partition coefficient (Wildman–Crippen LogP) is 3.37. The zero-order valence-corrected chi connectivity index (χ0v) is 11.4. The number of nitrogens with zero attached hydrogens (tertiary/aromatic N) is 2. The van der Waals surface area contributed by atoms with E-state index >= 15 is 0 Å². The Morgan fingerprint density at radius 1 is 1.38 bits per heavy atom. The SMILES string of the molecule is CC(=O)C(C)c1nc(Cc2cccc(C(F)(F)F)c2)no1. The Hall–Kier alpha value is -2.18. The molecule has 7 heteroatoms. The Morgan fingerprint density at radius 2 is 2.10 bits per heavy atom. The highest BCUT2D eigenvalue weighted by Gasteiger charge is 2.30. The molecule has 0 aliphatic carbocycles. The van der Waals surface area contributed by atoms with Gasteiger partial charge in [-0.25, -0.2) is 0 Å². The Balaban J connectivity index is 2.18. The number of hydrogen-bond donors (Lipinski definition) is 0. The predicted molar refractivity (Wildman–Crippen MR) is 67.6 cm³/mol. The summed E-state index contributed by atoms with van der Waals surface area (Å²) in [4.78, 5) is 15.3. The van der Waals surface area contributed by atoms with Crippen molar-refractivity contribution in [3.63, 3.8) is 0 Å². The van der Waals surface area contributed by atoms with Crippen molar-refractivity contribution in [1.29, 1.82) is 0 Å². The normalized spacial score (nSPS) is 13.2. The highest BCUT2D eigenvalue weighted by molar-refractivity contribution is 5.81. The molecule has 4 nitrogen and oxygen atoms in total. The van der Waals surface area contributed by atoms with Crippen LogP contribution in [0.5, 0.6) is 0 Å². The molecule has 0 spiro atoms. The number of aromatic nitrogens is 2. The average molecular weight is 298 g/mol. The number of Topliss-reactive ketones (excluding diaryl/α,β-unsaturated/α-hetero) is 1. The molecule has 0 amide bonds. The summed E-state index contributed by atoms with van der Waals surface area (Å²) >= 11 is 0. The summed E-state index contributed by atoms with van der Waals surface area (Å²) in [5.74, 6) is -0.223. The summed E-state index contributed by atoms with van der Waals surface area (Å²) in [5.41, 5.74) is -0.298. The molecule has 0 aliphatic rings. The van der Waals surface area contributed by atoms with E-state index in [1.807, 2.05) is 0 Å². The topological polar surface area (TPSA) is 56.0 Å². The minimum absolute atomic E-state index is 0.109. The molecule has 0 radical (unpaired) electrons. The van der Waals surface area contributed by atoms with Gasteiger partial charge in [-0.3, -0.25) is 4.79 Å². The van der Waals surface area contributed by atoms with Crippen molar-refractivity contribution in [2.45, 2.75) is 32.4 Å². The number of hydrogen-bond acceptors (Lipinski definition) is 4. The van der Waals surface area contributed by atoms with Crippen LogP contribution < -0.4 is 0 Å². The standard InChI is InChI=1S/C14H13F3N2O2/c1-8(9(2)20)13-18-12(19-21-13)7-10-4-3-5-11(6-10)14(15,16)17/h3-6,8H,7H2,1-2H3. The lowest BCUT2D eigenvalue weighted by Gasteiger charge is -2.07. The molecule has 0 saturated heterocycles. The monoisotopic (exact) mass is 298 g/mol. The molecule has 1 heterocycles. The van der Waals surface area contributed by atoms with E-state index < -0.39 is 17.7 Å². The Morgan fingerprint density at radius 3 is 2.71 bits per heavy atom. The number of ketones is 1. The number of benzene rings is 1. The number of carbonyl (C=O) groups excluding carboxylic acids is 1. The molecule has 0 aliphatic heterocycles. The molecule has 1 atom stereocenters. The van der Waals surface area contributed by atoms with E-state index in [1.165, 1.54) is 13.0 Å². The van der Waals surface area contributed by atoms with Gasteiger partial charge in [0, 0.05) is 6.42 Å². The zero-order chi connectivity index (χ0) is 15.6. The van der Waals surface area contributed by atoms with Crippen molar-refractivity contribution in [2.75, 3.05) is 0 Å². The van der Waals surface area contributed by atoms with Crippen molar-refractivity contribution in [1.82, 2.24) is 10.1 Å². The molecule has 0 N–H and O–H groups in total. The van der Waals surface area contributed by atoms with Crippen LogP contribution in [0.3, 0.4) is 0 Å². The highest BCUT2D eigenvalue weighted by atomic mass is 19.4. The molecule has 0 fully saturated rings. The van der Waals surface area contributed by atoms with Gasteiger partial charge in [-0.2, -0.15) is 18.2 Å². The van der Waals surface area contributed by atoms with Crippen LogP contribution in [0, 0.1) is 0 Å². The molecule has 2 aromatic rings. The van der Waals surface area contributed by atoms with E-state index in [0.717, 1.165) is 12.1 Å². The van der Waals surface area contributed by atoms with Crippen LogP contribution in [0.2, 0.25) is 0 Å².